The average Bonchev–Trinajstić information content (AvgIpc) is 2.46. The summed E-state index contributed by atoms with van der Waals surface area (Å²) in [6.07, 6.45) is 1.98. The van der Waals surface area contributed by atoms with Crippen LogP contribution in [0, 0.1) is 16.0 Å². The number of hydrogen-bond donors (Lipinski definition) is 1. The molecule has 1 N–H and O–H groups in total. The quantitative estimate of drug-likeness (QED) is 0.585. The minimum absolute atomic E-state index is 0.0732. The maximum atomic E-state index is 11.1. The number of nitro groups is 1. The number of hydrogen-bond acceptors (Lipinski definition) is 5. The van der Waals surface area contributed by atoms with E-state index in [4.69, 9.17) is 0 Å². The molecule has 0 aliphatic heterocycles. The monoisotopic (exact) mass is 294 g/mol. The van der Waals surface area contributed by atoms with Crippen LogP contribution in [0.3, 0.4) is 0 Å². The van der Waals surface area contributed by atoms with Crippen LogP contribution in [0.2, 0.25) is 0 Å². The second kappa shape index (κ2) is 7.81. The van der Waals surface area contributed by atoms with Gasteiger partial charge in [-0.05, 0) is 18.8 Å². The number of aromatic nitrogens is 1. The molecule has 1 aromatic rings. The van der Waals surface area contributed by atoms with E-state index in [0.717, 1.165) is 19.4 Å². The van der Waals surface area contributed by atoms with Crippen LogP contribution in [0.25, 0.3) is 0 Å². The molecule has 1 heterocycles. The van der Waals surface area contributed by atoms with Crippen molar-refractivity contribution >= 4 is 17.3 Å². The van der Waals surface area contributed by atoms with Gasteiger partial charge in [0.2, 0.25) is 0 Å². The molecule has 0 aliphatic carbocycles. The van der Waals surface area contributed by atoms with Crippen LogP contribution < -0.4 is 10.2 Å². The highest BCUT2D eigenvalue weighted by Crippen LogP contribution is 2.26. The third-order valence-electron chi connectivity index (χ3n) is 3.50. The lowest BCUT2D eigenvalue weighted by Gasteiger charge is -2.33. The van der Waals surface area contributed by atoms with Crippen molar-refractivity contribution in [2.75, 3.05) is 23.8 Å². The van der Waals surface area contributed by atoms with Gasteiger partial charge in [0.15, 0.2) is 0 Å². The van der Waals surface area contributed by atoms with Gasteiger partial charge in [0.25, 0.3) is 5.69 Å². The van der Waals surface area contributed by atoms with Gasteiger partial charge in [-0.15, -0.1) is 0 Å². The molecular formula is C15H26N4O2. The Hall–Kier alpha value is -1.85. The van der Waals surface area contributed by atoms with E-state index in [1.54, 1.807) is 13.1 Å². The third-order valence-corrected chi connectivity index (χ3v) is 3.50. The van der Waals surface area contributed by atoms with Gasteiger partial charge in [0.1, 0.15) is 11.6 Å². The molecular weight excluding hydrogens is 268 g/mol. The van der Waals surface area contributed by atoms with Crippen molar-refractivity contribution in [1.29, 1.82) is 0 Å². The standard InChI is InChI=1S/C15H26N4O2/c1-6-12(7-2)18(10-11(3)4)15-9-13(19(20)21)8-14(16-5)17-15/h8-9,11-12H,6-7,10H2,1-5H3,(H,16,17). The van der Waals surface area contributed by atoms with Gasteiger partial charge < -0.3 is 10.2 Å². The number of nitrogens with zero attached hydrogens (tertiary/aromatic N) is 3. The summed E-state index contributed by atoms with van der Waals surface area (Å²) in [6, 6.07) is 3.37. The second-order valence-corrected chi connectivity index (χ2v) is 5.59. The largest absolute Gasteiger partial charge is 0.373 e. The summed E-state index contributed by atoms with van der Waals surface area (Å²) in [5.41, 5.74) is 0.0732. The molecule has 6 nitrogen and oxygen atoms in total. The van der Waals surface area contributed by atoms with Crippen LogP contribution in [-0.2, 0) is 0 Å². The molecule has 1 aromatic heterocycles. The van der Waals surface area contributed by atoms with Crippen LogP contribution in [0.4, 0.5) is 17.3 Å². The SMILES string of the molecule is CCC(CC)N(CC(C)C)c1cc([N+](=O)[O-])cc(NC)n1. The predicted molar refractivity (Wildman–Crippen MR) is 87.0 cm³/mol. The molecule has 21 heavy (non-hydrogen) atoms. The highest BCUT2D eigenvalue weighted by molar-refractivity contribution is 5.56. The van der Waals surface area contributed by atoms with E-state index < -0.39 is 0 Å². The Kier molecular flexibility index (Phi) is 6.39. The molecule has 0 saturated heterocycles. The number of rotatable bonds is 8. The maximum Gasteiger partial charge on any atom is 0.276 e. The van der Waals surface area contributed by atoms with Crippen molar-refractivity contribution in [2.24, 2.45) is 5.92 Å². The number of pyridine rings is 1. The Morgan fingerprint density at radius 2 is 1.95 bits per heavy atom. The van der Waals surface area contributed by atoms with Crippen molar-refractivity contribution in [3.63, 3.8) is 0 Å². The summed E-state index contributed by atoms with van der Waals surface area (Å²) >= 11 is 0. The molecule has 0 aromatic carbocycles. The molecule has 0 saturated carbocycles. The van der Waals surface area contributed by atoms with Crippen molar-refractivity contribution < 1.29 is 4.92 Å². The zero-order chi connectivity index (χ0) is 16.0. The van der Waals surface area contributed by atoms with Crippen molar-refractivity contribution in [2.45, 2.75) is 46.6 Å². The van der Waals surface area contributed by atoms with Gasteiger partial charge in [0.05, 0.1) is 17.1 Å². The van der Waals surface area contributed by atoms with E-state index in [-0.39, 0.29) is 10.6 Å². The molecule has 118 valence electrons. The van der Waals surface area contributed by atoms with Gasteiger partial charge in [-0.2, -0.15) is 0 Å². The minimum Gasteiger partial charge on any atom is -0.373 e. The molecule has 0 fully saturated rings. The van der Waals surface area contributed by atoms with E-state index >= 15 is 0 Å². The van der Waals surface area contributed by atoms with E-state index in [9.17, 15) is 10.1 Å². The van der Waals surface area contributed by atoms with Gasteiger partial charge in [0, 0.05) is 19.6 Å². The second-order valence-electron chi connectivity index (χ2n) is 5.59. The highest BCUT2D eigenvalue weighted by atomic mass is 16.6. The van der Waals surface area contributed by atoms with Crippen molar-refractivity contribution in [3.8, 4) is 0 Å². The number of nitrogens with one attached hydrogen (secondary N) is 1. The molecule has 0 amide bonds. The first-order valence-electron chi connectivity index (χ1n) is 7.53. The third kappa shape index (κ3) is 4.58. The minimum atomic E-state index is -0.369. The van der Waals surface area contributed by atoms with Crippen LogP contribution in [-0.4, -0.2) is 29.5 Å². The summed E-state index contributed by atoms with van der Waals surface area (Å²) < 4.78 is 0. The zero-order valence-electron chi connectivity index (χ0n) is 13.6. The highest BCUT2D eigenvalue weighted by Gasteiger charge is 2.21. The first kappa shape index (κ1) is 17.2. The van der Waals surface area contributed by atoms with Crippen LogP contribution in [0.5, 0.6) is 0 Å². The van der Waals surface area contributed by atoms with Gasteiger partial charge in [-0.25, -0.2) is 4.98 Å². The summed E-state index contributed by atoms with van der Waals surface area (Å²) in [5, 5.41) is 14.0. The van der Waals surface area contributed by atoms with Crippen molar-refractivity contribution in [3.05, 3.63) is 22.2 Å². The summed E-state index contributed by atoms with van der Waals surface area (Å²) in [6.45, 7) is 9.40. The molecule has 0 radical (unpaired) electrons. The molecule has 0 spiro atoms. The van der Waals surface area contributed by atoms with Crippen LogP contribution in [0.15, 0.2) is 12.1 Å². The predicted octanol–water partition coefficient (Wildman–Crippen LogP) is 3.68. The van der Waals surface area contributed by atoms with Crippen LogP contribution >= 0.6 is 0 Å². The molecule has 0 unspecified atom stereocenters. The Morgan fingerprint density at radius 3 is 2.38 bits per heavy atom. The van der Waals surface area contributed by atoms with E-state index in [2.05, 4.69) is 42.9 Å². The Bertz CT molecular complexity index is 473. The van der Waals surface area contributed by atoms with E-state index in [1.807, 2.05) is 0 Å². The summed E-state index contributed by atoms with van der Waals surface area (Å²) in [7, 11) is 1.72. The lowest BCUT2D eigenvalue weighted by atomic mass is 10.1. The Morgan fingerprint density at radius 1 is 1.33 bits per heavy atom. The first-order valence-corrected chi connectivity index (χ1v) is 7.53. The molecule has 0 aliphatic rings. The molecule has 6 heteroatoms. The van der Waals surface area contributed by atoms with E-state index in [0.29, 0.717) is 23.6 Å². The summed E-state index contributed by atoms with van der Waals surface area (Å²) in [5.74, 6) is 1.67. The fraction of sp³-hybridized carbons (Fsp3) is 0.667. The van der Waals surface area contributed by atoms with Crippen LogP contribution in [0.1, 0.15) is 40.5 Å². The van der Waals surface area contributed by atoms with E-state index in [1.165, 1.54) is 6.07 Å². The maximum absolute atomic E-state index is 11.1. The van der Waals surface area contributed by atoms with Gasteiger partial charge in [-0.1, -0.05) is 27.7 Å². The Balaban J connectivity index is 3.27. The molecule has 1 rings (SSSR count). The fourth-order valence-corrected chi connectivity index (χ4v) is 2.44. The molecule has 0 atom stereocenters. The van der Waals surface area contributed by atoms with Crippen molar-refractivity contribution in [1.82, 2.24) is 4.98 Å². The smallest absolute Gasteiger partial charge is 0.276 e. The first-order chi connectivity index (χ1) is 9.92. The Labute approximate surface area is 126 Å². The van der Waals surface area contributed by atoms with Gasteiger partial charge in [-0.3, -0.25) is 10.1 Å². The lowest BCUT2D eigenvalue weighted by molar-refractivity contribution is -0.384. The average molecular weight is 294 g/mol. The number of anilines is 2. The topological polar surface area (TPSA) is 71.3 Å². The summed E-state index contributed by atoms with van der Waals surface area (Å²) in [4.78, 5) is 17.4. The molecule has 0 bridgehead atoms. The lowest BCUT2D eigenvalue weighted by Crippen LogP contribution is -2.38. The van der Waals surface area contributed by atoms with Gasteiger partial charge >= 0.3 is 0 Å². The fourth-order valence-electron chi connectivity index (χ4n) is 2.44. The zero-order valence-corrected chi connectivity index (χ0v) is 13.6. The normalized spacial score (nSPS) is 11.0.